The molecule has 0 aromatic heterocycles. The summed E-state index contributed by atoms with van der Waals surface area (Å²) in [5.74, 6) is -1.34. The Bertz CT molecular complexity index is 522. The minimum atomic E-state index is -1.34. The highest BCUT2D eigenvalue weighted by molar-refractivity contribution is 5.93. The van der Waals surface area contributed by atoms with E-state index in [0.717, 1.165) is 0 Å². The molecule has 1 rings (SSSR count). The van der Waals surface area contributed by atoms with Crippen LogP contribution in [-0.2, 0) is 0 Å². The van der Waals surface area contributed by atoms with Gasteiger partial charge in [-0.3, -0.25) is 10.1 Å². The fraction of sp³-hybridized carbons (Fsp3) is 0.462. The van der Waals surface area contributed by atoms with Crippen LogP contribution in [0.3, 0.4) is 0 Å². The lowest BCUT2D eigenvalue weighted by atomic mass is 10.1. The lowest BCUT2D eigenvalue weighted by Gasteiger charge is -2.29. The van der Waals surface area contributed by atoms with E-state index in [2.05, 4.69) is 0 Å². The van der Waals surface area contributed by atoms with Gasteiger partial charge < -0.3 is 15.1 Å². The molecule has 0 saturated heterocycles. The van der Waals surface area contributed by atoms with E-state index in [0.29, 0.717) is 12.2 Å². The molecule has 0 radical (unpaired) electrons. The number of carbonyl (C=O) groups is 1. The van der Waals surface area contributed by atoms with Gasteiger partial charge in [0, 0.05) is 24.8 Å². The third-order valence-corrected chi connectivity index (χ3v) is 2.73. The van der Waals surface area contributed by atoms with Gasteiger partial charge in [-0.15, -0.1) is 0 Å². The molecular formula is C13H18N2O5. The van der Waals surface area contributed by atoms with Crippen molar-refractivity contribution in [3.05, 3.63) is 33.9 Å². The lowest BCUT2D eigenvalue weighted by Crippen LogP contribution is -2.38. The van der Waals surface area contributed by atoms with Crippen LogP contribution in [0.2, 0.25) is 0 Å². The van der Waals surface area contributed by atoms with Gasteiger partial charge in [-0.05, 0) is 32.9 Å². The number of nitro benzene ring substituents is 1. The van der Waals surface area contributed by atoms with Crippen LogP contribution >= 0.6 is 0 Å². The Hall–Kier alpha value is -2.15. The van der Waals surface area contributed by atoms with Crippen molar-refractivity contribution >= 4 is 17.3 Å². The number of benzene rings is 1. The van der Waals surface area contributed by atoms with E-state index < -0.39 is 22.2 Å². The molecule has 0 atom stereocenters. The van der Waals surface area contributed by atoms with Crippen LogP contribution in [0, 0.1) is 10.1 Å². The minimum Gasteiger partial charge on any atom is -0.477 e. The van der Waals surface area contributed by atoms with Crippen molar-refractivity contribution in [2.45, 2.75) is 26.4 Å². The van der Waals surface area contributed by atoms with E-state index in [1.807, 2.05) is 6.92 Å². The van der Waals surface area contributed by atoms with Crippen LogP contribution in [0.25, 0.3) is 0 Å². The van der Waals surface area contributed by atoms with Crippen LogP contribution in [-0.4, -0.2) is 39.8 Å². The Balaban J connectivity index is 3.22. The van der Waals surface area contributed by atoms with E-state index in [1.165, 1.54) is 18.2 Å². The first-order chi connectivity index (χ1) is 9.15. The first kappa shape index (κ1) is 15.9. The Morgan fingerprint density at radius 2 is 2.05 bits per heavy atom. The SMILES string of the molecule is CCN(CC(C)(C)O)c1ccc(C(=O)O)c([N+](=O)[O-])c1. The van der Waals surface area contributed by atoms with Crippen LogP contribution in [0.1, 0.15) is 31.1 Å². The topological polar surface area (TPSA) is 104 Å². The standard InChI is InChI=1S/C13H18N2O5/c1-4-14(8-13(2,3)18)9-5-6-10(12(16)17)11(7-9)15(19)20/h5-7,18H,4,8H2,1-3H3,(H,16,17). The molecule has 0 saturated carbocycles. The van der Waals surface area contributed by atoms with Crippen molar-refractivity contribution in [3.8, 4) is 0 Å². The number of hydrogen-bond donors (Lipinski definition) is 2. The van der Waals surface area contributed by atoms with Crippen molar-refractivity contribution in [2.75, 3.05) is 18.0 Å². The molecule has 0 amide bonds. The summed E-state index contributed by atoms with van der Waals surface area (Å²) in [4.78, 5) is 22.9. The molecule has 1 aromatic rings. The highest BCUT2D eigenvalue weighted by Gasteiger charge is 2.23. The largest absolute Gasteiger partial charge is 0.477 e. The number of carboxylic acids is 1. The lowest BCUT2D eigenvalue weighted by molar-refractivity contribution is -0.385. The van der Waals surface area contributed by atoms with Crippen LogP contribution in [0.15, 0.2) is 18.2 Å². The van der Waals surface area contributed by atoms with E-state index >= 15 is 0 Å². The average molecular weight is 282 g/mol. The zero-order chi connectivity index (χ0) is 15.5. The Kier molecular flexibility index (Phi) is 4.67. The molecule has 0 aliphatic carbocycles. The van der Waals surface area contributed by atoms with Gasteiger partial charge in [0.1, 0.15) is 5.56 Å². The third-order valence-electron chi connectivity index (χ3n) is 2.73. The van der Waals surface area contributed by atoms with E-state index in [4.69, 9.17) is 5.11 Å². The Labute approximate surface area is 116 Å². The summed E-state index contributed by atoms with van der Waals surface area (Å²) in [5.41, 5.74) is -1.26. The summed E-state index contributed by atoms with van der Waals surface area (Å²) < 4.78 is 0. The van der Waals surface area contributed by atoms with E-state index in [-0.39, 0.29) is 12.1 Å². The van der Waals surface area contributed by atoms with Gasteiger partial charge in [0.15, 0.2) is 0 Å². The van der Waals surface area contributed by atoms with Gasteiger partial charge in [-0.25, -0.2) is 4.79 Å². The van der Waals surface area contributed by atoms with Gasteiger partial charge in [0.05, 0.1) is 10.5 Å². The van der Waals surface area contributed by atoms with Gasteiger partial charge in [-0.2, -0.15) is 0 Å². The van der Waals surface area contributed by atoms with E-state index in [1.54, 1.807) is 18.7 Å². The number of aromatic carboxylic acids is 1. The van der Waals surface area contributed by atoms with Crippen LogP contribution < -0.4 is 4.90 Å². The highest BCUT2D eigenvalue weighted by Crippen LogP contribution is 2.26. The summed E-state index contributed by atoms with van der Waals surface area (Å²) in [7, 11) is 0. The van der Waals surface area contributed by atoms with Crippen molar-refractivity contribution < 1.29 is 19.9 Å². The second kappa shape index (κ2) is 5.87. The average Bonchev–Trinajstić information content (AvgIpc) is 2.33. The third kappa shape index (κ3) is 3.92. The zero-order valence-corrected chi connectivity index (χ0v) is 11.7. The summed E-state index contributed by atoms with van der Waals surface area (Å²) in [6, 6.07) is 3.94. The fourth-order valence-electron chi connectivity index (χ4n) is 1.90. The monoisotopic (exact) mass is 282 g/mol. The summed E-state index contributed by atoms with van der Waals surface area (Å²) >= 11 is 0. The number of hydrogen-bond acceptors (Lipinski definition) is 5. The summed E-state index contributed by atoms with van der Waals surface area (Å²) in [6.45, 7) is 5.94. The van der Waals surface area contributed by atoms with E-state index in [9.17, 15) is 20.0 Å². The second-order valence-corrected chi connectivity index (χ2v) is 5.09. The normalized spacial score (nSPS) is 11.2. The number of rotatable bonds is 6. The van der Waals surface area contributed by atoms with Crippen molar-refractivity contribution in [1.29, 1.82) is 0 Å². The molecule has 0 unspecified atom stereocenters. The maximum atomic E-state index is 10.9. The van der Waals surface area contributed by atoms with Gasteiger partial charge in [0.25, 0.3) is 5.69 Å². The number of anilines is 1. The Morgan fingerprint density at radius 3 is 2.45 bits per heavy atom. The summed E-state index contributed by atoms with van der Waals surface area (Å²) in [5, 5.41) is 29.7. The number of likely N-dealkylation sites (N-methyl/N-ethyl adjacent to an activating group) is 1. The predicted octanol–water partition coefficient (Wildman–Crippen LogP) is 1.89. The zero-order valence-electron chi connectivity index (χ0n) is 11.7. The molecule has 0 fully saturated rings. The number of nitro groups is 1. The molecule has 20 heavy (non-hydrogen) atoms. The highest BCUT2D eigenvalue weighted by atomic mass is 16.6. The quantitative estimate of drug-likeness (QED) is 0.610. The van der Waals surface area contributed by atoms with Gasteiger partial charge >= 0.3 is 5.97 Å². The molecule has 2 N–H and O–H groups in total. The van der Waals surface area contributed by atoms with Crippen molar-refractivity contribution in [2.24, 2.45) is 0 Å². The van der Waals surface area contributed by atoms with Gasteiger partial charge in [-0.1, -0.05) is 0 Å². The fourth-order valence-corrected chi connectivity index (χ4v) is 1.90. The van der Waals surface area contributed by atoms with Gasteiger partial charge in [0.2, 0.25) is 0 Å². The molecule has 0 spiro atoms. The number of aliphatic hydroxyl groups is 1. The second-order valence-electron chi connectivity index (χ2n) is 5.09. The molecule has 0 aliphatic rings. The molecular weight excluding hydrogens is 264 g/mol. The number of carboxylic acid groups (broad SMARTS) is 1. The van der Waals surface area contributed by atoms with Crippen LogP contribution in [0.4, 0.5) is 11.4 Å². The maximum Gasteiger partial charge on any atom is 0.342 e. The smallest absolute Gasteiger partial charge is 0.342 e. The molecule has 7 nitrogen and oxygen atoms in total. The minimum absolute atomic E-state index is 0.285. The maximum absolute atomic E-state index is 10.9. The van der Waals surface area contributed by atoms with Crippen molar-refractivity contribution in [1.82, 2.24) is 0 Å². The molecule has 0 bridgehead atoms. The molecule has 7 heteroatoms. The first-order valence-electron chi connectivity index (χ1n) is 6.14. The first-order valence-corrected chi connectivity index (χ1v) is 6.14. The van der Waals surface area contributed by atoms with Crippen molar-refractivity contribution in [3.63, 3.8) is 0 Å². The molecule has 1 aromatic carbocycles. The molecule has 110 valence electrons. The Morgan fingerprint density at radius 1 is 1.45 bits per heavy atom. The number of nitrogens with zero attached hydrogens (tertiary/aromatic N) is 2. The summed E-state index contributed by atoms with van der Waals surface area (Å²) in [6.07, 6.45) is 0. The predicted molar refractivity (Wildman–Crippen MR) is 74.2 cm³/mol. The molecule has 0 aliphatic heterocycles. The molecule has 0 heterocycles. The van der Waals surface area contributed by atoms with Crippen LogP contribution in [0.5, 0.6) is 0 Å².